The number of carbonyl (C=O) groups excluding carboxylic acids is 4. The highest BCUT2D eigenvalue weighted by Crippen LogP contribution is 2.44. The van der Waals surface area contributed by atoms with Gasteiger partial charge in [0.2, 0.25) is 0 Å². The van der Waals surface area contributed by atoms with Crippen molar-refractivity contribution < 1.29 is 52.7 Å². The van der Waals surface area contributed by atoms with Gasteiger partial charge in [-0.05, 0) is 89.0 Å². The molecule has 14 atom stereocenters. The first-order valence-electron chi connectivity index (χ1n) is 19.7. The Bertz CT molecular complexity index is 1330. The molecule has 14 unspecified atom stereocenters. The van der Waals surface area contributed by atoms with Crippen LogP contribution in [-0.4, -0.2) is 151 Å². The van der Waals surface area contributed by atoms with E-state index < -0.39 is 95.2 Å². The Morgan fingerprint density at radius 1 is 1.02 bits per heavy atom. The zero-order valence-electron chi connectivity index (χ0n) is 35.8. The number of ketones is 1. The van der Waals surface area contributed by atoms with E-state index in [9.17, 15) is 24.3 Å². The van der Waals surface area contributed by atoms with Gasteiger partial charge in [-0.1, -0.05) is 34.6 Å². The fraction of sp³-hybridized carbons (Fsp3) is 0.900. The van der Waals surface area contributed by atoms with Crippen LogP contribution in [0.15, 0.2) is 0 Å². The number of fused-ring (bicyclic) bond motifs is 1. The summed E-state index contributed by atoms with van der Waals surface area (Å²) in [6.07, 6.45) is -4.90. The lowest BCUT2D eigenvalue weighted by Gasteiger charge is -2.48. The highest BCUT2D eigenvalue weighted by Gasteiger charge is 2.61. The van der Waals surface area contributed by atoms with Crippen LogP contribution in [0.5, 0.6) is 0 Å². The van der Waals surface area contributed by atoms with Crippen molar-refractivity contribution in [3.05, 3.63) is 0 Å². The molecule has 1 N–H and O–H groups in total. The summed E-state index contributed by atoms with van der Waals surface area (Å²) in [7, 11) is 9.14. The molecule has 3 saturated heterocycles. The molecule has 0 aromatic carbocycles. The van der Waals surface area contributed by atoms with E-state index in [-0.39, 0.29) is 43.7 Å². The van der Waals surface area contributed by atoms with Crippen molar-refractivity contribution in [3.63, 3.8) is 0 Å². The van der Waals surface area contributed by atoms with Gasteiger partial charge >= 0.3 is 18.0 Å². The van der Waals surface area contributed by atoms with Gasteiger partial charge in [0.15, 0.2) is 11.9 Å². The largest absolute Gasteiger partial charge is 0.461 e. The van der Waals surface area contributed by atoms with Crippen molar-refractivity contribution in [1.29, 1.82) is 0 Å². The van der Waals surface area contributed by atoms with Crippen molar-refractivity contribution in [3.8, 4) is 0 Å². The summed E-state index contributed by atoms with van der Waals surface area (Å²) in [5.41, 5.74) is -3.13. The maximum absolute atomic E-state index is 14.8. The molecule has 3 rings (SSSR count). The van der Waals surface area contributed by atoms with Gasteiger partial charge in [-0.2, -0.15) is 0 Å². The molecule has 14 nitrogen and oxygen atoms in total. The normalized spacial score (nSPS) is 40.3. The minimum absolute atomic E-state index is 0.0559. The Morgan fingerprint density at radius 3 is 2.15 bits per heavy atom. The molecule has 0 aliphatic carbocycles. The molecule has 3 heterocycles. The van der Waals surface area contributed by atoms with Crippen LogP contribution in [0.25, 0.3) is 0 Å². The number of cyclic esters (lactones) is 1. The lowest BCUT2D eigenvalue weighted by molar-refractivity contribution is -0.301. The molecule has 3 fully saturated rings. The fourth-order valence-corrected chi connectivity index (χ4v) is 8.79. The smallest absolute Gasteiger partial charge is 0.411 e. The number of aliphatic hydroxyl groups excluding tert-OH is 1. The number of rotatable bonds is 10. The third-order valence-electron chi connectivity index (χ3n) is 12.7. The van der Waals surface area contributed by atoms with Gasteiger partial charge in [0.1, 0.15) is 24.1 Å². The maximum Gasteiger partial charge on any atom is 0.411 e. The number of amides is 1. The van der Waals surface area contributed by atoms with Gasteiger partial charge in [0, 0.05) is 49.4 Å². The first kappa shape index (κ1) is 46.0. The van der Waals surface area contributed by atoms with E-state index in [4.69, 9.17) is 28.4 Å². The Labute approximate surface area is 323 Å². The molecule has 0 bridgehead atoms. The minimum atomic E-state index is -1.39. The first-order chi connectivity index (χ1) is 24.9. The third-order valence-corrected chi connectivity index (χ3v) is 12.7. The van der Waals surface area contributed by atoms with Gasteiger partial charge in [0.25, 0.3) is 0 Å². The second kappa shape index (κ2) is 17.8. The van der Waals surface area contributed by atoms with Crippen molar-refractivity contribution in [2.75, 3.05) is 41.8 Å². The minimum Gasteiger partial charge on any atom is -0.461 e. The Kier molecular flexibility index (Phi) is 15.2. The zero-order valence-corrected chi connectivity index (χ0v) is 35.8. The predicted octanol–water partition coefficient (Wildman–Crippen LogP) is 4.28. The quantitative estimate of drug-likeness (QED) is 0.249. The number of ether oxygens (including phenoxy) is 6. The highest BCUT2D eigenvalue weighted by molar-refractivity contribution is 5.85. The van der Waals surface area contributed by atoms with Gasteiger partial charge in [-0.15, -0.1) is 0 Å². The van der Waals surface area contributed by atoms with E-state index in [0.29, 0.717) is 6.42 Å². The first-order valence-corrected chi connectivity index (χ1v) is 19.7. The summed E-state index contributed by atoms with van der Waals surface area (Å²) in [4.78, 5) is 61.6. The summed E-state index contributed by atoms with van der Waals surface area (Å²) < 4.78 is 37.9. The molecule has 3 aliphatic rings. The van der Waals surface area contributed by atoms with E-state index in [1.807, 2.05) is 79.5 Å². The van der Waals surface area contributed by atoms with Crippen LogP contribution in [-0.2, 0) is 42.8 Å². The Hall–Kier alpha value is -2.36. The van der Waals surface area contributed by atoms with Crippen LogP contribution < -0.4 is 0 Å². The van der Waals surface area contributed by atoms with Crippen molar-refractivity contribution >= 4 is 23.8 Å². The fourth-order valence-electron chi connectivity index (χ4n) is 8.79. The average Bonchev–Trinajstić information content (AvgIpc) is 3.35. The molecule has 0 spiro atoms. The third kappa shape index (κ3) is 9.42. The molecule has 0 radical (unpaired) electrons. The summed E-state index contributed by atoms with van der Waals surface area (Å²) in [6, 6.07) is -1.07. The monoisotopic (exact) mass is 770 g/mol. The summed E-state index contributed by atoms with van der Waals surface area (Å²) >= 11 is 0. The highest BCUT2D eigenvalue weighted by atomic mass is 16.7. The van der Waals surface area contributed by atoms with Crippen molar-refractivity contribution in [2.24, 2.45) is 23.7 Å². The van der Waals surface area contributed by atoms with Crippen LogP contribution in [0.3, 0.4) is 0 Å². The topological polar surface area (TPSA) is 154 Å². The molecule has 312 valence electrons. The number of methoxy groups -OCH3 is 1. The molecule has 1 amide bonds. The van der Waals surface area contributed by atoms with Gasteiger partial charge in [-0.3, -0.25) is 19.3 Å². The number of hydrogen-bond donors (Lipinski definition) is 1. The second-order valence-corrected chi connectivity index (χ2v) is 17.6. The standard InChI is InChI=1S/C40H71N3O11/c1-17-28-40(11)33(43(37(48)54-40)21-38(8,9)42(14)15)24(5)30(45)22(3)20-39(10,49-16)34(53-36-31(46)27(41(12)13)19-23(4)50-36)25(6)32(52-29(44)18-2)26(7)35(47)51-28/h22-28,31-34,36,46H,17-21H2,1-16H3. The van der Waals surface area contributed by atoms with Crippen LogP contribution in [0, 0.1) is 23.7 Å². The Balaban J connectivity index is 2.26. The van der Waals surface area contributed by atoms with E-state index >= 15 is 0 Å². The van der Waals surface area contributed by atoms with Crippen molar-refractivity contribution in [2.45, 2.75) is 167 Å². The van der Waals surface area contributed by atoms with E-state index in [0.717, 1.165) is 0 Å². The van der Waals surface area contributed by atoms with Gasteiger partial charge in [-0.25, -0.2) is 4.79 Å². The predicted molar refractivity (Wildman–Crippen MR) is 202 cm³/mol. The van der Waals surface area contributed by atoms with Crippen LogP contribution >= 0.6 is 0 Å². The molecule has 54 heavy (non-hydrogen) atoms. The number of Topliss-reactive ketones (excluding diaryl/α,β-unsaturated/α-hetero) is 1. The van der Waals surface area contributed by atoms with Crippen LogP contribution in [0.4, 0.5) is 4.79 Å². The van der Waals surface area contributed by atoms with E-state index in [1.165, 1.54) is 7.11 Å². The number of likely N-dealkylation sites (N-methyl/N-ethyl adjacent to an activating group) is 2. The second-order valence-electron chi connectivity index (χ2n) is 17.6. The van der Waals surface area contributed by atoms with Crippen LogP contribution in [0.2, 0.25) is 0 Å². The maximum atomic E-state index is 14.8. The molecule has 0 aromatic heterocycles. The molecular formula is C40H71N3O11. The molecule has 0 aromatic rings. The average molecular weight is 770 g/mol. The molecule has 0 saturated carbocycles. The number of aliphatic hydroxyl groups is 1. The van der Waals surface area contributed by atoms with E-state index in [1.54, 1.807) is 39.5 Å². The van der Waals surface area contributed by atoms with E-state index in [2.05, 4.69) is 0 Å². The van der Waals surface area contributed by atoms with Gasteiger partial charge in [0.05, 0.1) is 29.8 Å². The summed E-state index contributed by atoms with van der Waals surface area (Å²) in [5, 5.41) is 11.6. The number of nitrogens with zero attached hydrogens (tertiary/aromatic N) is 3. The van der Waals surface area contributed by atoms with Crippen LogP contribution in [0.1, 0.15) is 102 Å². The lowest BCUT2D eigenvalue weighted by Crippen LogP contribution is -2.61. The number of hydrogen-bond acceptors (Lipinski definition) is 13. The molecular weight excluding hydrogens is 698 g/mol. The number of esters is 2. The zero-order chi connectivity index (χ0) is 41.2. The SMILES string of the molecule is CCC(=O)OC1C(C)C(=O)OC(CC)C2(C)OC(=O)N(CC(C)(C)N(C)C)C2C(C)C(=O)C(C)CC(C)(OC)C(OC2OC(C)CC(N(C)C)C2O)C1C. The lowest BCUT2D eigenvalue weighted by atomic mass is 9.73. The summed E-state index contributed by atoms with van der Waals surface area (Å²) in [5.74, 6) is -4.45. The molecule has 3 aliphatic heterocycles. The molecule has 14 heteroatoms. The van der Waals surface area contributed by atoms with Gasteiger partial charge < -0.3 is 43.3 Å². The Morgan fingerprint density at radius 2 is 1.63 bits per heavy atom. The number of carbonyl (C=O) groups is 4. The van der Waals surface area contributed by atoms with Crippen molar-refractivity contribution in [1.82, 2.24) is 14.7 Å². The summed E-state index contributed by atoms with van der Waals surface area (Å²) in [6.45, 7) is 20.3.